The summed E-state index contributed by atoms with van der Waals surface area (Å²) in [5.41, 5.74) is 1.69. The molecule has 1 N–H and O–H groups in total. The smallest absolute Gasteiger partial charge is 0.274 e. The highest BCUT2D eigenvalue weighted by atomic mass is 16.6. The van der Waals surface area contributed by atoms with Crippen molar-refractivity contribution in [3.05, 3.63) is 33.9 Å². The third kappa shape index (κ3) is 2.61. The van der Waals surface area contributed by atoms with E-state index in [2.05, 4.69) is 12.2 Å². The number of anilines is 1. The van der Waals surface area contributed by atoms with Crippen LogP contribution < -0.4 is 5.32 Å². The molecule has 0 saturated carbocycles. The quantitative estimate of drug-likeness (QED) is 0.659. The van der Waals surface area contributed by atoms with Crippen molar-refractivity contribution in [1.82, 2.24) is 0 Å². The first-order chi connectivity index (χ1) is 8.59. The van der Waals surface area contributed by atoms with E-state index in [-0.39, 0.29) is 16.7 Å². The van der Waals surface area contributed by atoms with E-state index in [9.17, 15) is 10.1 Å². The van der Waals surface area contributed by atoms with Gasteiger partial charge in [0.25, 0.3) is 5.69 Å². The number of hydrogen-bond donors (Lipinski definition) is 1. The van der Waals surface area contributed by atoms with Crippen molar-refractivity contribution in [2.75, 3.05) is 18.5 Å². The lowest BCUT2D eigenvalue weighted by Gasteiger charge is -2.16. The van der Waals surface area contributed by atoms with Gasteiger partial charge in [-0.3, -0.25) is 10.1 Å². The summed E-state index contributed by atoms with van der Waals surface area (Å²) in [6, 6.07) is 5.12. The molecule has 1 saturated heterocycles. The second-order valence-electron chi connectivity index (χ2n) is 4.71. The Morgan fingerprint density at radius 2 is 2.33 bits per heavy atom. The minimum absolute atomic E-state index is 0.163. The molecular formula is C13H18N2O3. The maximum Gasteiger partial charge on any atom is 0.274 e. The molecule has 0 spiro atoms. The molecule has 1 aromatic carbocycles. The Labute approximate surface area is 106 Å². The fourth-order valence-corrected chi connectivity index (χ4v) is 2.30. The lowest BCUT2D eigenvalue weighted by molar-refractivity contribution is -0.385. The van der Waals surface area contributed by atoms with E-state index in [1.54, 1.807) is 13.0 Å². The third-order valence-corrected chi connectivity index (χ3v) is 3.59. The Bertz CT molecular complexity index is 448. The van der Waals surface area contributed by atoms with Crippen LogP contribution in [0.3, 0.4) is 0 Å². The van der Waals surface area contributed by atoms with E-state index < -0.39 is 0 Å². The maximum atomic E-state index is 10.8. The van der Waals surface area contributed by atoms with Gasteiger partial charge in [0, 0.05) is 36.4 Å². The van der Waals surface area contributed by atoms with Gasteiger partial charge in [0.05, 0.1) is 11.0 Å². The zero-order chi connectivity index (χ0) is 13.1. The molecule has 5 nitrogen and oxygen atoms in total. The Balaban J connectivity index is 2.05. The van der Waals surface area contributed by atoms with Gasteiger partial charge in [0.15, 0.2) is 0 Å². The van der Waals surface area contributed by atoms with E-state index >= 15 is 0 Å². The summed E-state index contributed by atoms with van der Waals surface area (Å²) in [6.45, 7) is 5.44. The van der Waals surface area contributed by atoms with Gasteiger partial charge in [0.1, 0.15) is 0 Å². The van der Waals surface area contributed by atoms with E-state index in [4.69, 9.17) is 4.74 Å². The zero-order valence-corrected chi connectivity index (χ0v) is 10.7. The van der Waals surface area contributed by atoms with Crippen LogP contribution in [0, 0.1) is 23.0 Å². The molecule has 2 atom stereocenters. The fourth-order valence-electron chi connectivity index (χ4n) is 2.30. The normalized spacial score (nSPS) is 23.0. The lowest BCUT2D eigenvalue weighted by atomic mass is 10.0. The molecule has 1 aromatic rings. The molecular weight excluding hydrogens is 232 g/mol. The molecule has 0 aromatic heterocycles. The predicted octanol–water partition coefficient (Wildman–Crippen LogP) is 2.74. The van der Waals surface area contributed by atoms with Crippen LogP contribution >= 0.6 is 0 Å². The van der Waals surface area contributed by atoms with Crippen molar-refractivity contribution in [2.24, 2.45) is 5.92 Å². The number of nitrogens with zero attached hydrogens (tertiary/aromatic N) is 1. The minimum Gasteiger partial charge on any atom is -0.384 e. The predicted molar refractivity (Wildman–Crippen MR) is 69.8 cm³/mol. The number of benzene rings is 1. The molecule has 0 radical (unpaired) electrons. The Morgan fingerprint density at radius 3 is 2.94 bits per heavy atom. The summed E-state index contributed by atoms with van der Waals surface area (Å²) in [6.07, 6.45) is 1.30. The largest absolute Gasteiger partial charge is 0.384 e. The SMILES string of the molecule is Cc1c(NCC2CCOC2C)cccc1[N+](=O)[O-]. The molecule has 0 bridgehead atoms. The summed E-state index contributed by atoms with van der Waals surface area (Å²) in [5.74, 6) is 0.476. The summed E-state index contributed by atoms with van der Waals surface area (Å²) in [4.78, 5) is 10.5. The van der Waals surface area contributed by atoms with E-state index in [1.165, 1.54) is 6.07 Å². The van der Waals surface area contributed by atoms with Crippen molar-refractivity contribution >= 4 is 11.4 Å². The monoisotopic (exact) mass is 250 g/mol. The highest BCUT2D eigenvalue weighted by Crippen LogP contribution is 2.26. The van der Waals surface area contributed by atoms with Crippen molar-refractivity contribution < 1.29 is 9.66 Å². The van der Waals surface area contributed by atoms with Gasteiger partial charge in [0.2, 0.25) is 0 Å². The van der Waals surface area contributed by atoms with E-state index in [0.29, 0.717) is 11.5 Å². The Hall–Kier alpha value is -1.62. The molecule has 1 heterocycles. The number of nitro groups is 1. The van der Waals surface area contributed by atoms with Crippen LogP contribution in [0.4, 0.5) is 11.4 Å². The molecule has 1 aliphatic rings. The van der Waals surface area contributed by atoms with Crippen molar-refractivity contribution in [3.63, 3.8) is 0 Å². The van der Waals surface area contributed by atoms with Crippen LogP contribution in [0.5, 0.6) is 0 Å². The van der Waals surface area contributed by atoms with Crippen LogP contribution in [0.2, 0.25) is 0 Å². The molecule has 1 aliphatic heterocycles. The molecule has 0 amide bonds. The van der Waals surface area contributed by atoms with E-state index in [1.807, 2.05) is 6.07 Å². The number of ether oxygens (including phenoxy) is 1. The van der Waals surface area contributed by atoms with Gasteiger partial charge in [-0.1, -0.05) is 6.07 Å². The van der Waals surface area contributed by atoms with Crippen molar-refractivity contribution in [3.8, 4) is 0 Å². The average Bonchev–Trinajstić information content (AvgIpc) is 2.73. The second-order valence-corrected chi connectivity index (χ2v) is 4.71. The highest BCUT2D eigenvalue weighted by molar-refractivity contribution is 5.59. The molecule has 98 valence electrons. The van der Waals surface area contributed by atoms with Gasteiger partial charge in [-0.15, -0.1) is 0 Å². The summed E-state index contributed by atoms with van der Waals surface area (Å²) in [5, 5.41) is 14.1. The molecule has 1 fully saturated rings. The second kappa shape index (κ2) is 5.35. The van der Waals surface area contributed by atoms with Gasteiger partial charge in [-0.25, -0.2) is 0 Å². The topological polar surface area (TPSA) is 64.4 Å². The first kappa shape index (κ1) is 12.8. The number of rotatable bonds is 4. The average molecular weight is 250 g/mol. The van der Waals surface area contributed by atoms with E-state index in [0.717, 1.165) is 25.3 Å². The van der Waals surface area contributed by atoms with Crippen LogP contribution in [0.1, 0.15) is 18.9 Å². The highest BCUT2D eigenvalue weighted by Gasteiger charge is 2.24. The molecule has 2 unspecified atom stereocenters. The first-order valence-corrected chi connectivity index (χ1v) is 6.19. The summed E-state index contributed by atoms with van der Waals surface area (Å²) >= 11 is 0. The van der Waals surface area contributed by atoms with Gasteiger partial charge in [-0.2, -0.15) is 0 Å². The van der Waals surface area contributed by atoms with Crippen molar-refractivity contribution in [1.29, 1.82) is 0 Å². The van der Waals surface area contributed by atoms with Crippen LogP contribution in [0.25, 0.3) is 0 Å². The lowest BCUT2D eigenvalue weighted by Crippen LogP contribution is -2.21. The maximum absolute atomic E-state index is 10.8. The number of nitro benzene ring substituents is 1. The summed E-state index contributed by atoms with van der Waals surface area (Å²) in [7, 11) is 0. The molecule has 2 rings (SSSR count). The first-order valence-electron chi connectivity index (χ1n) is 6.19. The number of nitrogens with one attached hydrogen (secondary N) is 1. The van der Waals surface area contributed by atoms with Gasteiger partial charge >= 0.3 is 0 Å². The molecule has 18 heavy (non-hydrogen) atoms. The standard InChI is InChI=1S/C13H18N2O3/c1-9-12(4-3-5-13(9)15(16)17)14-8-11-6-7-18-10(11)2/h3-5,10-11,14H,6-8H2,1-2H3. The molecule has 5 heteroatoms. The van der Waals surface area contributed by atoms with Crippen molar-refractivity contribution in [2.45, 2.75) is 26.4 Å². The molecule has 0 aliphatic carbocycles. The zero-order valence-electron chi connectivity index (χ0n) is 10.7. The minimum atomic E-state index is -0.345. The fraction of sp³-hybridized carbons (Fsp3) is 0.538. The van der Waals surface area contributed by atoms with Gasteiger partial charge < -0.3 is 10.1 Å². The third-order valence-electron chi connectivity index (χ3n) is 3.59. The van der Waals surface area contributed by atoms with Crippen LogP contribution in [0.15, 0.2) is 18.2 Å². The Morgan fingerprint density at radius 1 is 1.56 bits per heavy atom. The van der Waals surface area contributed by atoms with Crippen LogP contribution in [-0.2, 0) is 4.74 Å². The van der Waals surface area contributed by atoms with Crippen LogP contribution in [-0.4, -0.2) is 24.2 Å². The summed E-state index contributed by atoms with van der Waals surface area (Å²) < 4.78 is 5.50. The Kier molecular flexibility index (Phi) is 3.81. The van der Waals surface area contributed by atoms with Gasteiger partial charge in [-0.05, 0) is 26.3 Å². The number of hydrogen-bond acceptors (Lipinski definition) is 4.